The van der Waals surface area contributed by atoms with Crippen molar-refractivity contribution in [2.24, 2.45) is 0 Å². The highest BCUT2D eigenvalue weighted by atomic mass is 31.2. The Labute approximate surface area is 143 Å². The number of pyridine rings is 1. The zero-order valence-electron chi connectivity index (χ0n) is 14.4. The number of anilines is 1. The minimum atomic E-state index is -3.46. The van der Waals surface area contributed by atoms with Crippen molar-refractivity contribution in [2.75, 3.05) is 25.6 Å². The van der Waals surface area contributed by atoms with E-state index in [1.165, 1.54) is 0 Å². The molecular weight excluding hydrogens is 323 g/mol. The monoisotopic (exact) mass is 348 g/mol. The summed E-state index contributed by atoms with van der Waals surface area (Å²) in [6.45, 7) is 2.39. The molecule has 2 aromatic rings. The van der Waals surface area contributed by atoms with E-state index in [4.69, 9.17) is 4.52 Å². The van der Waals surface area contributed by atoms with E-state index < -0.39 is 13.2 Å². The summed E-state index contributed by atoms with van der Waals surface area (Å²) in [5.74, 6) is -1.21. The van der Waals surface area contributed by atoms with Crippen molar-refractivity contribution in [3.05, 3.63) is 54.4 Å². The van der Waals surface area contributed by atoms with E-state index in [0.717, 1.165) is 18.5 Å². The van der Waals surface area contributed by atoms with Crippen LogP contribution in [0.5, 0.6) is 0 Å². The number of aromatic nitrogens is 1. The highest BCUT2D eigenvalue weighted by molar-refractivity contribution is 7.67. The van der Waals surface area contributed by atoms with E-state index in [-0.39, 0.29) is 0 Å². The Morgan fingerprint density at radius 3 is 2.33 bits per heavy atom. The van der Waals surface area contributed by atoms with Crippen molar-refractivity contribution in [2.45, 2.75) is 25.6 Å². The molecule has 0 aliphatic rings. The number of nitrogens with zero attached hydrogens (tertiary/aromatic N) is 2. The summed E-state index contributed by atoms with van der Waals surface area (Å²) in [7, 11) is 0.430. The second-order valence-corrected chi connectivity index (χ2v) is 8.31. The summed E-state index contributed by atoms with van der Waals surface area (Å²) in [5, 5.41) is 11.3. The van der Waals surface area contributed by atoms with Crippen molar-refractivity contribution in [1.82, 2.24) is 4.98 Å². The maximum atomic E-state index is 13.6. The highest BCUT2D eigenvalue weighted by Crippen LogP contribution is 2.57. The van der Waals surface area contributed by atoms with Crippen LogP contribution in [-0.2, 0) is 9.09 Å². The zero-order chi connectivity index (χ0) is 17.6. The number of aliphatic hydroxyl groups is 1. The first-order valence-corrected chi connectivity index (χ1v) is 9.78. The molecule has 0 radical (unpaired) electrons. The maximum Gasteiger partial charge on any atom is 0.264 e. The summed E-state index contributed by atoms with van der Waals surface area (Å²) >= 11 is 0. The van der Waals surface area contributed by atoms with Crippen LogP contribution in [0.15, 0.2) is 48.8 Å². The number of hydrogen-bond donors (Lipinski definition) is 1. The lowest BCUT2D eigenvalue weighted by molar-refractivity contribution is 0.212. The molecule has 0 unspecified atom stereocenters. The van der Waals surface area contributed by atoms with E-state index in [0.29, 0.717) is 17.5 Å². The summed E-state index contributed by atoms with van der Waals surface area (Å²) in [4.78, 5) is 5.91. The van der Waals surface area contributed by atoms with Gasteiger partial charge in [-0.3, -0.25) is 9.55 Å². The molecule has 1 heterocycles. The Hall–Kier alpha value is -1.68. The molecule has 1 N–H and O–H groups in total. The fourth-order valence-electron chi connectivity index (χ4n) is 2.32. The molecular formula is C18H25N2O3P. The van der Waals surface area contributed by atoms with E-state index in [1.54, 1.807) is 36.7 Å². The third-order valence-electron chi connectivity index (χ3n) is 3.83. The van der Waals surface area contributed by atoms with Gasteiger partial charge in [0, 0.05) is 37.5 Å². The number of aliphatic hydroxyl groups excluding tert-OH is 1. The molecule has 24 heavy (non-hydrogen) atoms. The maximum absolute atomic E-state index is 13.6. The third-order valence-corrected chi connectivity index (χ3v) is 6.36. The van der Waals surface area contributed by atoms with Crippen molar-refractivity contribution in [3.63, 3.8) is 0 Å². The van der Waals surface area contributed by atoms with Crippen molar-refractivity contribution in [3.8, 4) is 0 Å². The van der Waals surface area contributed by atoms with Gasteiger partial charge in [0.25, 0.3) is 7.37 Å². The molecule has 0 spiro atoms. The van der Waals surface area contributed by atoms with Crippen molar-refractivity contribution < 1.29 is 14.2 Å². The number of hydrogen-bond acceptors (Lipinski definition) is 5. The second kappa shape index (κ2) is 8.43. The molecule has 0 amide bonds. The van der Waals surface area contributed by atoms with Crippen LogP contribution < -0.4 is 10.2 Å². The molecule has 0 bridgehead atoms. The van der Waals surface area contributed by atoms with Gasteiger partial charge in [-0.1, -0.05) is 13.3 Å². The summed E-state index contributed by atoms with van der Waals surface area (Å²) in [5.41, 5.74) is 1.54. The fourth-order valence-corrected chi connectivity index (χ4v) is 4.42. The quantitative estimate of drug-likeness (QED) is 0.584. The van der Waals surface area contributed by atoms with E-state index in [9.17, 15) is 9.67 Å². The Morgan fingerprint density at radius 1 is 1.17 bits per heavy atom. The van der Waals surface area contributed by atoms with Gasteiger partial charge < -0.3 is 14.5 Å². The first-order chi connectivity index (χ1) is 11.5. The Bertz CT molecular complexity index is 674. The average molecular weight is 348 g/mol. The summed E-state index contributed by atoms with van der Waals surface area (Å²) in [6, 6.07) is 10.6. The second-order valence-electron chi connectivity index (χ2n) is 5.85. The molecule has 0 saturated carbocycles. The van der Waals surface area contributed by atoms with Gasteiger partial charge in [0.05, 0.1) is 6.61 Å². The number of benzene rings is 1. The molecule has 2 rings (SSSR count). The summed E-state index contributed by atoms with van der Waals surface area (Å²) in [6.07, 6.45) is 4.88. The molecule has 5 nitrogen and oxygen atoms in total. The average Bonchev–Trinajstić information content (AvgIpc) is 2.62. The van der Waals surface area contributed by atoms with Gasteiger partial charge in [-0.25, -0.2) is 0 Å². The van der Waals surface area contributed by atoms with Crippen LogP contribution in [0.1, 0.15) is 31.2 Å². The van der Waals surface area contributed by atoms with Gasteiger partial charge in [0.2, 0.25) is 0 Å². The lowest BCUT2D eigenvalue weighted by Crippen LogP contribution is -2.16. The van der Waals surface area contributed by atoms with Crippen LogP contribution in [0.4, 0.5) is 5.69 Å². The predicted molar refractivity (Wildman–Crippen MR) is 98.1 cm³/mol. The zero-order valence-corrected chi connectivity index (χ0v) is 15.3. The van der Waals surface area contributed by atoms with Crippen LogP contribution in [0.3, 0.4) is 0 Å². The van der Waals surface area contributed by atoms with Crippen LogP contribution in [0.25, 0.3) is 0 Å². The summed E-state index contributed by atoms with van der Waals surface area (Å²) < 4.78 is 19.3. The van der Waals surface area contributed by atoms with Gasteiger partial charge in [-0.15, -0.1) is 0 Å². The molecule has 0 aliphatic carbocycles. The standard InChI is InChI=1S/C18H25N2O3P/c1-4-5-14-23-24(22,18(21)15-10-12-19-13-11-15)17-8-6-16(7-9-17)20(2)3/h6-13,18,21H,4-5,14H2,1-3H3/t18-,24+/m1/s1. The van der Waals surface area contributed by atoms with Gasteiger partial charge in [0.15, 0.2) is 5.85 Å². The number of unbranched alkanes of at least 4 members (excludes halogenated alkanes) is 1. The van der Waals surface area contributed by atoms with Crippen LogP contribution in [-0.4, -0.2) is 30.8 Å². The van der Waals surface area contributed by atoms with Crippen LogP contribution in [0, 0.1) is 0 Å². The van der Waals surface area contributed by atoms with E-state index in [1.807, 2.05) is 38.1 Å². The van der Waals surface area contributed by atoms with Crippen molar-refractivity contribution >= 4 is 18.4 Å². The molecule has 1 aromatic carbocycles. The lowest BCUT2D eigenvalue weighted by Gasteiger charge is -2.25. The van der Waals surface area contributed by atoms with Gasteiger partial charge >= 0.3 is 0 Å². The van der Waals surface area contributed by atoms with E-state index >= 15 is 0 Å². The normalized spacial score (nSPS) is 14.8. The van der Waals surface area contributed by atoms with Crippen LogP contribution in [0.2, 0.25) is 0 Å². The Balaban J connectivity index is 2.37. The predicted octanol–water partition coefficient (Wildman–Crippen LogP) is 3.56. The molecule has 0 aliphatic heterocycles. The smallest absolute Gasteiger partial charge is 0.264 e. The fraction of sp³-hybridized carbons (Fsp3) is 0.389. The molecule has 0 saturated heterocycles. The highest BCUT2D eigenvalue weighted by Gasteiger charge is 2.36. The molecule has 6 heteroatoms. The first kappa shape index (κ1) is 18.7. The van der Waals surface area contributed by atoms with Crippen molar-refractivity contribution in [1.29, 1.82) is 0 Å². The molecule has 2 atom stereocenters. The molecule has 0 fully saturated rings. The first-order valence-electron chi connectivity index (χ1n) is 8.09. The number of rotatable bonds is 8. The minimum Gasteiger partial charge on any atom is -0.378 e. The van der Waals surface area contributed by atoms with Crippen LogP contribution >= 0.6 is 7.37 Å². The SMILES string of the molecule is CCCCO[P@@](=O)(c1ccc(N(C)C)cc1)[C@@H](O)c1ccncc1. The Kier molecular flexibility index (Phi) is 6.55. The van der Waals surface area contributed by atoms with Gasteiger partial charge in [0.1, 0.15) is 0 Å². The van der Waals surface area contributed by atoms with E-state index in [2.05, 4.69) is 4.98 Å². The Morgan fingerprint density at radius 2 is 1.79 bits per heavy atom. The minimum absolute atomic E-state index is 0.353. The topological polar surface area (TPSA) is 62.7 Å². The molecule has 1 aromatic heterocycles. The van der Waals surface area contributed by atoms with Gasteiger partial charge in [-0.05, 0) is 48.4 Å². The third kappa shape index (κ3) is 4.23. The molecule has 130 valence electrons. The lowest BCUT2D eigenvalue weighted by atomic mass is 10.3. The largest absolute Gasteiger partial charge is 0.378 e. The van der Waals surface area contributed by atoms with Gasteiger partial charge in [-0.2, -0.15) is 0 Å².